The lowest BCUT2D eigenvalue weighted by Crippen LogP contribution is -2.15. The number of anilines is 1. The lowest BCUT2D eigenvalue weighted by Gasteiger charge is -2.09. The Morgan fingerprint density at radius 2 is 1.65 bits per heavy atom. The summed E-state index contributed by atoms with van der Waals surface area (Å²) in [6, 6.07) is 19.5. The molecule has 1 N–H and O–H groups in total. The number of nitrogens with one attached hydrogen (secondary N) is 1. The Morgan fingerprint density at radius 1 is 0.903 bits per heavy atom. The monoisotopic (exact) mass is 430 g/mol. The second-order valence-corrected chi connectivity index (χ2v) is 8.10. The summed E-state index contributed by atoms with van der Waals surface area (Å²) in [7, 11) is 0. The van der Waals surface area contributed by atoms with Gasteiger partial charge in [0.15, 0.2) is 5.82 Å². The van der Waals surface area contributed by atoms with Gasteiger partial charge in [0.1, 0.15) is 0 Å². The van der Waals surface area contributed by atoms with Gasteiger partial charge in [-0.1, -0.05) is 59.6 Å². The van der Waals surface area contributed by atoms with Gasteiger partial charge in [0.25, 0.3) is 5.91 Å². The molecule has 0 aliphatic heterocycles. The second kappa shape index (κ2) is 8.36. The van der Waals surface area contributed by atoms with Gasteiger partial charge < -0.3 is 5.32 Å². The average molecular weight is 431 g/mol. The first-order valence-corrected chi connectivity index (χ1v) is 10.4. The van der Waals surface area contributed by atoms with Crippen molar-refractivity contribution in [1.82, 2.24) is 14.8 Å². The average Bonchev–Trinajstić information content (AvgIpc) is 3.19. The lowest BCUT2D eigenvalue weighted by molar-refractivity contribution is 0.101. The number of para-hydroxylation sites is 1. The van der Waals surface area contributed by atoms with E-state index in [0.29, 0.717) is 16.5 Å². The summed E-state index contributed by atoms with van der Waals surface area (Å²) in [6.45, 7) is 8.03. The van der Waals surface area contributed by atoms with Gasteiger partial charge in [0, 0.05) is 5.56 Å². The lowest BCUT2D eigenvalue weighted by atomic mass is 10.1. The molecular weight excluding hydrogens is 408 g/mol. The molecule has 1 heterocycles. The summed E-state index contributed by atoms with van der Waals surface area (Å²) in [5.41, 5.74) is 6.63. The number of amides is 1. The number of carbonyl (C=O) groups excluding carboxylic acids is 1. The highest BCUT2D eigenvalue weighted by atomic mass is 35.5. The zero-order chi connectivity index (χ0) is 22.1. The molecular formula is C25H23ClN4O. The van der Waals surface area contributed by atoms with E-state index in [-0.39, 0.29) is 5.82 Å². The van der Waals surface area contributed by atoms with E-state index in [9.17, 15) is 4.79 Å². The van der Waals surface area contributed by atoms with Crippen molar-refractivity contribution in [3.63, 3.8) is 0 Å². The molecule has 0 aliphatic rings. The fourth-order valence-electron chi connectivity index (χ4n) is 3.29. The van der Waals surface area contributed by atoms with Crippen LogP contribution >= 0.6 is 11.6 Å². The Labute approximate surface area is 186 Å². The Bertz CT molecular complexity index is 1260. The van der Waals surface area contributed by atoms with Crippen LogP contribution in [0.2, 0.25) is 5.02 Å². The first-order valence-electron chi connectivity index (χ1n) is 10.0. The molecule has 0 bridgehead atoms. The Hall–Kier alpha value is -3.44. The molecule has 5 nitrogen and oxygen atoms in total. The molecule has 4 rings (SSSR count). The number of aryl methyl sites for hydroxylation is 4. The zero-order valence-electron chi connectivity index (χ0n) is 17.9. The maximum Gasteiger partial charge on any atom is 0.295 e. The van der Waals surface area contributed by atoms with Crippen molar-refractivity contribution < 1.29 is 4.79 Å². The van der Waals surface area contributed by atoms with Crippen molar-refractivity contribution in [3.05, 3.63) is 93.8 Å². The number of hydrogen-bond donors (Lipinski definition) is 1. The molecule has 0 saturated heterocycles. The van der Waals surface area contributed by atoms with E-state index in [1.807, 2.05) is 68.4 Å². The van der Waals surface area contributed by atoms with Gasteiger partial charge in [-0.3, -0.25) is 4.79 Å². The third-order valence-electron chi connectivity index (χ3n) is 5.32. The van der Waals surface area contributed by atoms with Gasteiger partial charge in [0.05, 0.1) is 16.4 Å². The van der Waals surface area contributed by atoms with E-state index in [1.165, 1.54) is 5.56 Å². The van der Waals surface area contributed by atoms with Gasteiger partial charge in [0.2, 0.25) is 5.82 Å². The Kier molecular flexibility index (Phi) is 5.61. The van der Waals surface area contributed by atoms with E-state index in [1.54, 1.807) is 10.7 Å². The van der Waals surface area contributed by atoms with Crippen molar-refractivity contribution >= 4 is 23.2 Å². The van der Waals surface area contributed by atoms with Crippen molar-refractivity contribution in [2.45, 2.75) is 27.7 Å². The highest BCUT2D eigenvalue weighted by molar-refractivity contribution is 6.34. The predicted octanol–water partition coefficient (Wildman–Crippen LogP) is 6.07. The Morgan fingerprint density at radius 3 is 2.32 bits per heavy atom. The van der Waals surface area contributed by atoms with Gasteiger partial charge in [-0.25, -0.2) is 9.67 Å². The van der Waals surface area contributed by atoms with Crippen LogP contribution in [0.25, 0.3) is 17.1 Å². The molecule has 1 amide bonds. The van der Waals surface area contributed by atoms with Crippen molar-refractivity contribution in [2.75, 3.05) is 5.32 Å². The summed E-state index contributed by atoms with van der Waals surface area (Å²) in [5, 5.41) is 7.89. The molecule has 0 spiro atoms. The summed E-state index contributed by atoms with van der Waals surface area (Å²) in [4.78, 5) is 17.6. The van der Waals surface area contributed by atoms with E-state index >= 15 is 0 Å². The number of rotatable bonds is 4. The number of nitrogens with zero attached hydrogens (tertiary/aromatic N) is 3. The molecule has 4 aromatic rings. The first kappa shape index (κ1) is 20.8. The molecule has 0 atom stereocenters. The SMILES string of the molecule is Cc1ccc(-c2nc(C(=O)Nc3c(C)cccc3Cl)nn2-c2ccc(C)c(C)c2)cc1. The molecule has 0 unspecified atom stereocenters. The number of carbonyl (C=O) groups is 1. The van der Waals surface area contributed by atoms with E-state index in [4.69, 9.17) is 11.6 Å². The minimum Gasteiger partial charge on any atom is -0.318 e. The standard InChI is InChI=1S/C25H23ClN4O/c1-15-8-11-19(12-9-15)24-28-23(25(31)27-22-17(3)6-5-7-21(22)26)29-30(24)20-13-10-16(2)18(4)14-20/h5-14H,1-4H3,(H,27,31). The summed E-state index contributed by atoms with van der Waals surface area (Å²) >= 11 is 6.28. The largest absolute Gasteiger partial charge is 0.318 e. The molecule has 3 aromatic carbocycles. The second-order valence-electron chi connectivity index (χ2n) is 7.69. The third-order valence-corrected chi connectivity index (χ3v) is 5.63. The molecule has 156 valence electrons. The fraction of sp³-hybridized carbons (Fsp3) is 0.160. The highest BCUT2D eigenvalue weighted by Gasteiger charge is 2.20. The van der Waals surface area contributed by atoms with Gasteiger partial charge in [-0.05, 0) is 62.6 Å². The number of benzene rings is 3. The smallest absolute Gasteiger partial charge is 0.295 e. The molecule has 0 fully saturated rings. The van der Waals surface area contributed by atoms with E-state index in [2.05, 4.69) is 29.2 Å². The number of halogens is 1. The van der Waals surface area contributed by atoms with Crippen molar-refractivity contribution in [1.29, 1.82) is 0 Å². The van der Waals surface area contributed by atoms with Crippen LogP contribution in [0.1, 0.15) is 32.9 Å². The molecule has 0 saturated carbocycles. The van der Waals surface area contributed by atoms with Crippen LogP contribution in [0.15, 0.2) is 60.7 Å². The van der Waals surface area contributed by atoms with Gasteiger partial charge in [-0.2, -0.15) is 0 Å². The predicted molar refractivity (Wildman–Crippen MR) is 125 cm³/mol. The highest BCUT2D eigenvalue weighted by Crippen LogP contribution is 2.27. The maximum absolute atomic E-state index is 13.0. The number of hydrogen-bond acceptors (Lipinski definition) is 3. The zero-order valence-corrected chi connectivity index (χ0v) is 18.7. The molecule has 1 aromatic heterocycles. The van der Waals surface area contributed by atoms with Crippen LogP contribution in [0.4, 0.5) is 5.69 Å². The van der Waals surface area contributed by atoms with Gasteiger partial charge in [-0.15, -0.1) is 5.10 Å². The molecule has 6 heteroatoms. The quantitative estimate of drug-likeness (QED) is 0.427. The minimum absolute atomic E-state index is 0.0770. The maximum atomic E-state index is 13.0. The van der Waals surface area contributed by atoms with Crippen LogP contribution < -0.4 is 5.32 Å². The van der Waals surface area contributed by atoms with Crippen molar-refractivity contribution in [3.8, 4) is 17.1 Å². The number of aromatic nitrogens is 3. The van der Waals surface area contributed by atoms with E-state index < -0.39 is 5.91 Å². The van der Waals surface area contributed by atoms with Crippen LogP contribution in [-0.4, -0.2) is 20.7 Å². The van der Waals surface area contributed by atoms with Crippen LogP contribution in [0.5, 0.6) is 0 Å². The summed E-state index contributed by atoms with van der Waals surface area (Å²) < 4.78 is 1.71. The first-order chi connectivity index (χ1) is 14.8. The van der Waals surface area contributed by atoms with Crippen LogP contribution in [-0.2, 0) is 0 Å². The fourth-order valence-corrected chi connectivity index (χ4v) is 3.56. The Balaban J connectivity index is 1.80. The van der Waals surface area contributed by atoms with Crippen LogP contribution in [0.3, 0.4) is 0 Å². The minimum atomic E-state index is -0.410. The van der Waals surface area contributed by atoms with Crippen LogP contribution in [0, 0.1) is 27.7 Å². The normalized spacial score (nSPS) is 10.9. The van der Waals surface area contributed by atoms with Gasteiger partial charge >= 0.3 is 0 Å². The van der Waals surface area contributed by atoms with Crippen molar-refractivity contribution in [2.24, 2.45) is 0 Å². The molecule has 0 aliphatic carbocycles. The molecule has 31 heavy (non-hydrogen) atoms. The third kappa shape index (κ3) is 4.23. The topological polar surface area (TPSA) is 59.8 Å². The van der Waals surface area contributed by atoms with E-state index in [0.717, 1.165) is 27.9 Å². The summed E-state index contributed by atoms with van der Waals surface area (Å²) in [5.74, 6) is 0.268. The molecule has 0 radical (unpaired) electrons. The summed E-state index contributed by atoms with van der Waals surface area (Å²) in [6.07, 6.45) is 0.